The molecule has 0 nitrogen and oxygen atoms in total. The van der Waals surface area contributed by atoms with Crippen LogP contribution in [0.2, 0.25) is 0 Å². The maximum absolute atomic E-state index is 4.78. The molecule has 0 aliphatic heterocycles. The van der Waals surface area contributed by atoms with Gasteiger partial charge in [-0.1, -0.05) is 54.6 Å². The lowest BCUT2D eigenvalue weighted by Crippen LogP contribution is -2.32. The van der Waals surface area contributed by atoms with E-state index in [0.29, 0.717) is 0 Å². The Kier molecular flexibility index (Phi) is 4.43. The fraction of sp³-hybridized carbons (Fsp3) is 0.0526. The molecule has 0 spiro atoms. The number of thiol groups is 1. The van der Waals surface area contributed by atoms with Crippen LogP contribution in [0.15, 0.2) is 91.0 Å². The standard InChI is InChI=1S/C19H17PS/c21-16-20(17-10-4-1-5-11-17,18-12-6-2-7-13-18)19-14-8-3-9-15-19/h1-15H,16H2/p+1. The number of hydrogen-bond acceptors (Lipinski definition) is 1. The number of hydrogen-bond donors (Lipinski definition) is 1. The van der Waals surface area contributed by atoms with Gasteiger partial charge in [-0.3, -0.25) is 0 Å². The Morgan fingerprint density at radius 3 is 1.05 bits per heavy atom. The van der Waals surface area contributed by atoms with Gasteiger partial charge >= 0.3 is 0 Å². The molecule has 0 saturated carbocycles. The maximum atomic E-state index is 4.78. The molecular formula is C19H18PS+. The molecule has 0 fully saturated rings. The van der Waals surface area contributed by atoms with Crippen molar-refractivity contribution in [1.82, 2.24) is 0 Å². The normalized spacial score (nSPS) is 11.3. The number of benzene rings is 3. The Balaban J connectivity index is 2.29. The first kappa shape index (κ1) is 14.4. The van der Waals surface area contributed by atoms with Crippen LogP contribution in [0.25, 0.3) is 0 Å². The van der Waals surface area contributed by atoms with Crippen LogP contribution in [0.5, 0.6) is 0 Å². The van der Waals surface area contributed by atoms with Crippen molar-refractivity contribution in [2.45, 2.75) is 0 Å². The van der Waals surface area contributed by atoms with Crippen LogP contribution < -0.4 is 15.9 Å². The summed E-state index contributed by atoms with van der Waals surface area (Å²) in [5.41, 5.74) is 0.838. The van der Waals surface area contributed by atoms with Crippen LogP contribution in [0.1, 0.15) is 0 Å². The van der Waals surface area contributed by atoms with Gasteiger partial charge in [0.25, 0.3) is 0 Å². The lowest BCUT2D eigenvalue weighted by atomic mass is 10.4. The van der Waals surface area contributed by atoms with Crippen LogP contribution in [-0.2, 0) is 0 Å². The van der Waals surface area contributed by atoms with E-state index in [1.807, 2.05) is 0 Å². The van der Waals surface area contributed by atoms with Gasteiger partial charge < -0.3 is 0 Å². The van der Waals surface area contributed by atoms with E-state index in [4.69, 9.17) is 12.6 Å². The Labute approximate surface area is 132 Å². The highest BCUT2D eigenvalue weighted by Crippen LogP contribution is 2.55. The molecular weight excluding hydrogens is 291 g/mol. The van der Waals surface area contributed by atoms with E-state index in [9.17, 15) is 0 Å². The van der Waals surface area contributed by atoms with Crippen molar-refractivity contribution in [3.05, 3.63) is 91.0 Å². The zero-order valence-electron chi connectivity index (χ0n) is 11.8. The maximum Gasteiger partial charge on any atom is 0.121 e. The molecule has 0 bridgehead atoms. The first-order valence-corrected chi connectivity index (χ1v) is 9.64. The van der Waals surface area contributed by atoms with Crippen molar-refractivity contribution >= 4 is 35.8 Å². The second-order valence-electron chi connectivity index (χ2n) is 4.96. The van der Waals surface area contributed by atoms with Crippen molar-refractivity contribution < 1.29 is 0 Å². The summed E-state index contributed by atoms with van der Waals surface area (Å²) in [6.07, 6.45) is 0. The zero-order valence-corrected chi connectivity index (χ0v) is 13.6. The predicted molar refractivity (Wildman–Crippen MR) is 99.0 cm³/mol. The van der Waals surface area contributed by atoms with Crippen molar-refractivity contribution in [2.24, 2.45) is 0 Å². The van der Waals surface area contributed by atoms with E-state index < -0.39 is 7.26 Å². The molecule has 104 valence electrons. The molecule has 0 unspecified atom stereocenters. The molecule has 0 aromatic heterocycles. The van der Waals surface area contributed by atoms with Gasteiger partial charge in [0, 0.05) is 0 Å². The minimum absolute atomic E-state index is 0.838. The van der Waals surface area contributed by atoms with Gasteiger partial charge in [0.05, 0.1) is 0 Å². The third-order valence-electron chi connectivity index (χ3n) is 3.80. The summed E-state index contributed by atoms with van der Waals surface area (Å²) in [5.74, 6) is 0. The highest BCUT2D eigenvalue weighted by atomic mass is 32.1. The molecule has 2 heteroatoms. The third kappa shape index (κ3) is 2.64. The molecule has 21 heavy (non-hydrogen) atoms. The average molecular weight is 309 g/mol. The molecule has 3 rings (SSSR count). The van der Waals surface area contributed by atoms with Gasteiger partial charge in [0.15, 0.2) is 0 Å². The van der Waals surface area contributed by atoms with E-state index in [1.54, 1.807) is 0 Å². The molecule has 0 radical (unpaired) electrons. The Bertz CT molecular complexity index is 584. The van der Waals surface area contributed by atoms with E-state index in [0.717, 1.165) is 5.49 Å². The molecule has 0 N–H and O–H groups in total. The lowest BCUT2D eigenvalue weighted by Gasteiger charge is -2.25. The van der Waals surface area contributed by atoms with Gasteiger partial charge in [-0.25, -0.2) is 0 Å². The summed E-state index contributed by atoms with van der Waals surface area (Å²) >= 11 is 4.78. The van der Waals surface area contributed by atoms with E-state index >= 15 is 0 Å². The largest absolute Gasteiger partial charge is 0.138 e. The molecule has 0 aliphatic carbocycles. The number of rotatable bonds is 4. The molecule has 0 atom stereocenters. The second kappa shape index (κ2) is 6.47. The van der Waals surface area contributed by atoms with E-state index in [1.165, 1.54) is 15.9 Å². The topological polar surface area (TPSA) is 0 Å². The SMILES string of the molecule is SC[P+](c1ccccc1)(c1ccccc1)c1ccccc1. The quantitative estimate of drug-likeness (QED) is 0.549. The summed E-state index contributed by atoms with van der Waals surface area (Å²) < 4.78 is 0. The van der Waals surface area contributed by atoms with Crippen molar-refractivity contribution in [2.75, 3.05) is 5.49 Å². The van der Waals surface area contributed by atoms with Crippen molar-refractivity contribution in [3.8, 4) is 0 Å². The smallest absolute Gasteiger partial charge is 0.121 e. The minimum Gasteiger partial charge on any atom is -0.138 e. The van der Waals surface area contributed by atoms with Gasteiger partial charge in [0.2, 0.25) is 0 Å². The van der Waals surface area contributed by atoms with Crippen LogP contribution in [0.4, 0.5) is 0 Å². The summed E-state index contributed by atoms with van der Waals surface area (Å²) in [4.78, 5) is 0. The highest BCUT2D eigenvalue weighted by Gasteiger charge is 2.43. The van der Waals surface area contributed by atoms with Gasteiger partial charge in [0.1, 0.15) is 28.7 Å². The van der Waals surface area contributed by atoms with Crippen LogP contribution in [-0.4, -0.2) is 5.49 Å². The fourth-order valence-corrected chi connectivity index (χ4v) is 7.64. The predicted octanol–water partition coefficient (Wildman–Crippen LogP) is 3.87. The summed E-state index contributed by atoms with van der Waals surface area (Å²) in [6, 6.07) is 32.4. The van der Waals surface area contributed by atoms with Crippen LogP contribution >= 0.6 is 19.9 Å². The second-order valence-corrected chi connectivity index (χ2v) is 9.26. The first-order chi connectivity index (χ1) is 10.4. The van der Waals surface area contributed by atoms with Gasteiger partial charge in [-0.15, -0.1) is 12.6 Å². The van der Waals surface area contributed by atoms with Gasteiger partial charge in [-0.2, -0.15) is 0 Å². The summed E-state index contributed by atoms with van der Waals surface area (Å²) in [7, 11) is -1.67. The first-order valence-electron chi connectivity index (χ1n) is 7.04. The molecule has 3 aromatic rings. The van der Waals surface area contributed by atoms with Gasteiger partial charge in [-0.05, 0) is 36.4 Å². The molecule has 0 saturated heterocycles. The molecule has 0 amide bonds. The molecule has 0 heterocycles. The van der Waals surface area contributed by atoms with E-state index in [2.05, 4.69) is 91.0 Å². The monoisotopic (exact) mass is 309 g/mol. The minimum atomic E-state index is -1.67. The zero-order chi connectivity index (χ0) is 14.5. The van der Waals surface area contributed by atoms with Crippen molar-refractivity contribution in [1.29, 1.82) is 0 Å². The third-order valence-corrected chi connectivity index (χ3v) is 9.04. The lowest BCUT2D eigenvalue weighted by molar-refractivity contribution is 1.71. The molecule has 3 aromatic carbocycles. The Morgan fingerprint density at radius 2 is 0.810 bits per heavy atom. The highest BCUT2D eigenvalue weighted by molar-refractivity contribution is 8.05. The van der Waals surface area contributed by atoms with Crippen LogP contribution in [0, 0.1) is 0 Å². The Hall–Kier alpha value is -1.56. The van der Waals surface area contributed by atoms with Crippen LogP contribution in [0.3, 0.4) is 0 Å². The Morgan fingerprint density at radius 1 is 0.524 bits per heavy atom. The summed E-state index contributed by atoms with van der Waals surface area (Å²) in [6.45, 7) is 0. The van der Waals surface area contributed by atoms with Crippen molar-refractivity contribution in [3.63, 3.8) is 0 Å². The molecule has 0 aliphatic rings. The average Bonchev–Trinajstić information content (AvgIpc) is 2.59. The fourth-order valence-electron chi connectivity index (χ4n) is 2.74. The van der Waals surface area contributed by atoms with E-state index in [-0.39, 0.29) is 0 Å². The summed E-state index contributed by atoms with van der Waals surface area (Å²) in [5, 5.41) is 4.16.